The van der Waals surface area contributed by atoms with E-state index in [4.69, 9.17) is 13.7 Å². The van der Waals surface area contributed by atoms with Gasteiger partial charge >= 0.3 is 0 Å². The first-order chi connectivity index (χ1) is 11.2. The first kappa shape index (κ1) is 14.8. The molecule has 2 aliphatic rings. The molecule has 0 amide bonds. The molecule has 7 nitrogen and oxygen atoms in total. The highest BCUT2D eigenvalue weighted by atomic mass is 16.5. The fourth-order valence-electron chi connectivity index (χ4n) is 3.90. The van der Waals surface area contributed by atoms with Gasteiger partial charge in [-0.05, 0) is 24.7 Å². The molecule has 0 N–H and O–H groups in total. The lowest BCUT2D eigenvalue weighted by molar-refractivity contribution is -0.0107. The van der Waals surface area contributed by atoms with Crippen LogP contribution < -0.4 is 0 Å². The number of ether oxygens (including phenoxy) is 1. The zero-order chi connectivity index (χ0) is 15.8. The van der Waals surface area contributed by atoms with Gasteiger partial charge in [-0.2, -0.15) is 0 Å². The fourth-order valence-corrected chi connectivity index (χ4v) is 3.90. The third kappa shape index (κ3) is 3.16. The minimum Gasteiger partial charge on any atom is -0.426 e. The Hall–Kier alpha value is -1.73. The maximum Gasteiger partial charge on any atom is 0.216 e. The Balaban J connectivity index is 1.41. The average molecular weight is 318 g/mol. The summed E-state index contributed by atoms with van der Waals surface area (Å²) in [6, 6.07) is 2.01. The SMILES string of the molecule is Cc1cc(CN2C[C@@H]3COC[C@@H](Cc4nnc(C)o4)[C@@H]3C2)no1. The third-order valence-electron chi connectivity index (χ3n) is 4.90. The van der Waals surface area contributed by atoms with Crippen molar-refractivity contribution in [2.24, 2.45) is 17.8 Å². The minimum absolute atomic E-state index is 0.442. The van der Waals surface area contributed by atoms with E-state index in [2.05, 4.69) is 20.3 Å². The van der Waals surface area contributed by atoms with E-state index >= 15 is 0 Å². The maximum absolute atomic E-state index is 5.83. The predicted octanol–water partition coefficient (Wildman–Crippen LogP) is 1.61. The van der Waals surface area contributed by atoms with Crippen molar-refractivity contribution in [3.05, 3.63) is 29.3 Å². The number of nitrogens with zero attached hydrogens (tertiary/aromatic N) is 4. The van der Waals surface area contributed by atoms with Crippen LogP contribution >= 0.6 is 0 Å². The Morgan fingerprint density at radius 1 is 1.22 bits per heavy atom. The van der Waals surface area contributed by atoms with Crippen molar-refractivity contribution in [1.82, 2.24) is 20.3 Å². The molecule has 2 aromatic rings. The maximum atomic E-state index is 5.83. The molecule has 3 atom stereocenters. The van der Waals surface area contributed by atoms with Gasteiger partial charge in [-0.15, -0.1) is 10.2 Å². The highest BCUT2D eigenvalue weighted by Gasteiger charge is 2.41. The molecule has 0 bridgehead atoms. The van der Waals surface area contributed by atoms with E-state index in [1.165, 1.54) is 0 Å². The molecule has 0 saturated carbocycles. The molecule has 0 radical (unpaired) electrons. The van der Waals surface area contributed by atoms with Gasteiger partial charge in [-0.1, -0.05) is 5.16 Å². The van der Waals surface area contributed by atoms with Crippen LogP contribution in [0.1, 0.15) is 23.2 Å². The second-order valence-electron chi connectivity index (χ2n) is 6.76. The zero-order valence-corrected chi connectivity index (χ0v) is 13.6. The Morgan fingerprint density at radius 2 is 2.13 bits per heavy atom. The Kier molecular flexibility index (Phi) is 3.90. The summed E-state index contributed by atoms with van der Waals surface area (Å²) >= 11 is 0. The highest BCUT2D eigenvalue weighted by molar-refractivity contribution is 5.04. The number of rotatable bonds is 4. The zero-order valence-electron chi connectivity index (χ0n) is 13.6. The van der Waals surface area contributed by atoms with Gasteiger partial charge in [0.15, 0.2) is 0 Å². The molecule has 0 spiro atoms. The molecule has 2 aliphatic heterocycles. The summed E-state index contributed by atoms with van der Waals surface area (Å²) in [6.45, 7) is 8.34. The first-order valence-electron chi connectivity index (χ1n) is 8.18. The van der Waals surface area contributed by atoms with Crippen molar-refractivity contribution in [1.29, 1.82) is 0 Å². The van der Waals surface area contributed by atoms with Crippen LogP contribution in [-0.4, -0.2) is 46.6 Å². The molecule has 2 saturated heterocycles. The van der Waals surface area contributed by atoms with Crippen LogP contribution in [0.2, 0.25) is 0 Å². The van der Waals surface area contributed by atoms with Gasteiger partial charge in [0.25, 0.3) is 0 Å². The van der Waals surface area contributed by atoms with Crippen LogP contribution in [0.3, 0.4) is 0 Å². The lowest BCUT2D eigenvalue weighted by Crippen LogP contribution is -2.36. The minimum atomic E-state index is 0.442. The summed E-state index contributed by atoms with van der Waals surface area (Å²) in [4.78, 5) is 2.45. The summed E-state index contributed by atoms with van der Waals surface area (Å²) in [7, 11) is 0. The van der Waals surface area contributed by atoms with Crippen LogP contribution in [0.5, 0.6) is 0 Å². The standard InChI is InChI=1S/C16H22N4O3/c1-10-3-14(19-23-10)6-20-5-13-9-21-8-12(15(13)7-20)4-16-18-17-11(2)22-16/h3,12-13,15H,4-9H2,1-2H3/t12-,13-,15+/m1/s1. The van der Waals surface area contributed by atoms with E-state index in [1.807, 2.05) is 19.9 Å². The molecule has 0 aromatic carbocycles. The van der Waals surface area contributed by atoms with E-state index in [0.717, 1.165) is 56.6 Å². The Bertz CT molecular complexity index is 668. The van der Waals surface area contributed by atoms with E-state index in [-0.39, 0.29) is 0 Å². The van der Waals surface area contributed by atoms with Crippen LogP contribution in [0.4, 0.5) is 0 Å². The van der Waals surface area contributed by atoms with Gasteiger partial charge in [0, 0.05) is 39.0 Å². The molecule has 2 aromatic heterocycles. The number of hydrogen-bond donors (Lipinski definition) is 0. The number of aromatic nitrogens is 3. The van der Waals surface area contributed by atoms with Crippen molar-refractivity contribution in [3.8, 4) is 0 Å². The van der Waals surface area contributed by atoms with E-state index < -0.39 is 0 Å². The molecule has 4 rings (SSSR count). The second-order valence-corrected chi connectivity index (χ2v) is 6.76. The molecule has 0 unspecified atom stereocenters. The van der Waals surface area contributed by atoms with Gasteiger partial charge in [0.1, 0.15) is 5.76 Å². The quantitative estimate of drug-likeness (QED) is 0.847. The molecular weight excluding hydrogens is 296 g/mol. The lowest BCUT2D eigenvalue weighted by atomic mass is 9.81. The largest absolute Gasteiger partial charge is 0.426 e. The summed E-state index contributed by atoms with van der Waals surface area (Å²) in [5, 5.41) is 12.2. The Labute approximate surface area is 135 Å². The van der Waals surface area contributed by atoms with Crippen LogP contribution in [0.15, 0.2) is 15.0 Å². The van der Waals surface area contributed by atoms with Gasteiger partial charge in [0.05, 0.1) is 18.9 Å². The fraction of sp³-hybridized carbons (Fsp3) is 0.688. The molecule has 0 aliphatic carbocycles. The highest BCUT2D eigenvalue weighted by Crippen LogP contribution is 2.36. The van der Waals surface area contributed by atoms with E-state index in [0.29, 0.717) is 23.6 Å². The molecule has 23 heavy (non-hydrogen) atoms. The molecule has 2 fully saturated rings. The van der Waals surface area contributed by atoms with Crippen molar-refractivity contribution < 1.29 is 13.7 Å². The smallest absolute Gasteiger partial charge is 0.216 e. The van der Waals surface area contributed by atoms with Crippen molar-refractivity contribution in [3.63, 3.8) is 0 Å². The lowest BCUT2D eigenvalue weighted by Gasteiger charge is -2.32. The van der Waals surface area contributed by atoms with E-state index in [9.17, 15) is 0 Å². The van der Waals surface area contributed by atoms with Crippen LogP contribution in [0.25, 0.3) is 0 Å². The second kappa shape index (κ2) is 6.05. The normalized spacial score (nSPS) is 28.2. The van der Waals surface area contributed by atoms with Crippen molar-refractivity contribution >= 4 is 0 Å². The monoisotopic (exact) mass is 318 g/mol. The van der Waals surface area contributed by atoms with Crippen molar-refractivity contribution in [2.75, 3.05) is 26.3 Å². The summed E-state index contributed by atoms with van der Waals surface area (Å²) in [6.07, 6.45) is 0.804. The summed E-state index contributed by atoms with van der Waals surface area (Å²) < 4.78 is 16.5. The van der Waals surface area contributed by atoms with E-state index in [1.54, 1.807) is 0 Å². The molecular formula is C16H22N4O3. The molecule has 4 heterocycles. The van der Waals surface area contributed by atoms with Crippen LogP contribution in [0, 0.1) is 31.6 Å². The van der Waals surface area contributed by atoms with Gasteiger partial charge < -0.3 is 13.7 Å². The summed E-state index contributed by atoms with van der Waals surface area (Å²) in [5.41, 5.74) is 1.01. The van der Waals surface area contributed by atoms with Crippen molar-refractivity contribution in [2.45, 2.75) is 26.8 Å². The van der Waals surface area contributed by atoms with Crippen LogP contribution in [-0.2, 0) is 17.7 Å². The molecule has 7 heteroatoms. The summed E-state index contributed by atoms with van der Waals surface area (Å²) in [5.74, 6) is 3.85. The third-order valence-corrected chi connectivity index (χ3v) is 4.90. The number of hydrogen-bond acceptors (Lipinski definition) is 7. The number of likely N-dealkylation sites (tertiary alicyclic amines) is 1. The number of aryl methyl sites for hydroxylation is 2. The first-order valence-corrected chi connectivity index (χ1v) is 8.18. The van der Waals surface area contributed by atoms with Gasteiger partial charge in [-0.3, -0.25) is 4.90 Å². The Morgan fingerprint density at radius 3 is 2.87 bits per heavy atom. The van der Waals surface area contributed by atoms with Gasteiger partial charge in [-0.25, -0.2) is 0 Å². The average Bonchev–Trinajstić information content (AvgIpc) is 3.21. The topological polar surface area (TPSA) is 77.4 Å². The van der Waals surface area contributed by atoms with Gasteiger partial charge in [0.2, 0.25) is 11.8 Å². The predicted molar refractivity (Wildman–Crippen MR) is 80.5 cm³/mol. The number of fused-ring (bicyclic) bond motifs is 1. The molecule has 124 valence electrons.